The second-order valence-corrected chi connectivity index (χ2v) is 3.28. The SMILES string of the molecule is COc1cccc(CCc2ncn[nH]2)c1. The fraction of sp³-hybridized carbons (Fsp3) is 0.273. The van der Waals surface area contributed by atoms with Crippen molar-refractivity contribution in [3.63, 3.8) is 0 Å². The largest absolute Gasteiger partial charge is 0.497 e. The summed E-state index contributed by atoms with van der Waals surface area (Å²) < 4.78 is 5.16. The lowest BCUT2D eigenvalue weighted by Gasteiger charge is -2.02. The Morgan fingerprint density at radius 2 is 2.27 bits per heavy atom. The molecule has 2 aromatic rings. The molecule has 0 spiro atoms. The number of ether oxygens (including phenoxy) is 1. The van der Waals surface area contributed by atoms with Gasteiger partial charge in [-0.1, -0.05) is 12.1 Å². The van der Waals surface area contributed by atoms with E-state index >= 15 is 0 Å². The van der Waals surface area contributed by atoms with Crippen molar-refractivity contribution in [2.45, 2.75) is 12.8 Å². The van der Waals surface area contributed by atoms with Gasteiger partial charge in [0.05, 0.1) is 7.11 Å². The van der Waals surface area contributed by atoms with Crippen LogP contribution in [-0.4, -0.2) is 22.3 Å². The number of methoxy groups -OCH3 is 1. The summed E-state index contributed by atoms with van der Waals surface area (Å²) in [6, 6.07) is 8.06. The topological polar surface area (TPSA) is 50.8 Å². The van der Waals surface area contributed by atoms with Gasteiger partial charge in [0.25, 0.3) is 0 Å². The van der Waals surface area contributed by atoms with Crippen LogP contribution >= 0.6 is 0 Å². The van der Waals surface area contributed by atoms with E-state index in [1.807, 2.05) is 18.2 Å². The van der Waals surface area contributed by atoms with Crippen LogP contribution in [0, 0.1) is 0 Å². The van der Waals surface area contributed by atoms with E-state index in [-0.39, 0.29) is 0 Å². The lowest BCUT2D eigenvalue weighted by atomic mass is 10.1. The highest BCUT2D eigenvalue weighted by atomic mass is 16.5. The van der Waals surface area contributed by atoms with Gasteiger partial charge >= 0.3 is 0 Å². The summed E-state index contributed by atoms with van der Waals surface area (Å²) in [6.07, 6.45) is 3.33. The molecule has 0 radical (unpaired) electrons. The Balaban J connectivity index is 1.98. The summed E-state index contributed by atoms with van der Waals surface area (Å²) in [5, 5.41) is 6.65. The van der Waals surface area contributed by atoms with E-state index in [0.29, 0.717) is 0 Å². The molecule has 0 fully saturated rings. The molecule has 15 heavy (non-hydrogen) atoms. The number of nitrogens with zero attached hydrogens (tertiary/aromatic N) is 2. The third-order valence-electron chi connectivity index (χ3n) is 2.25. The maximum atomic E-state index is 5.16. The van der Waals surface area contributed by atoms with Crippen LogP contribution < -0.4 is 4.74 Å². The van der Waals surface area contributed by atoms with Crippen molar-refractivity contribution in [1.82, 2.24) is 15.2 Å². The Morgan fingerprint density at radius 3 is 3.00 bits per heavy atom. The maximum absolute atomic E-state index is 5.16. The molecule has 0 saturated heterocycles. The quantitative estimate of drug-likeness (QED) is 0.821. The van der Waals surface area contributed by atoms with Gasteiger partial charge in [0.1, 0.15) is 17.9 Å². The molecule has 0 amide bonds. The maximum Gasteiger partial charge on any atom is 0.137 e. The minimum absolute atomic E-state index is 0.868. The van der Waals surface area contributed by atoms with E-state index in [9.17, 15) is 0 Å². The van der Waals surface area contributed by atoms with Crippen molar-refractivity contribution in [3.8, 4) is 5.75 Å². The highest BCUT2D eigenvalue weighted by Crippen LogP contribution is 2.13. The van der Waals surface area contributed by atoms with Crippen LogP contribution in [0.2, 0.25) is 0 Å². The van der Waals surface area contributed by atoms with Gasteiger partial charge in [0, 0.05) is 6.42 Å². The van der Waals surface area contributed by atoms with Gasteiger partial charge in [0.2, 0.25) is 0 Å². The summed E-state index contributed by atoms with van der Waals surface area (Å²) in [5.41, 5.74) is 1.24. The van der Waals surface area contributed by atoms with Crippen molar-refractivity contribution < 1.29 is 4.74 Å². The molecule has 1 aromatic carbocycles. The molecule has 2 rings (SSSR count). The highest BCUT2D eigenvalue weighted by molar-refractivity contribution is 5.28. The molecule has 0 aliphatic heterocycles. The Kier molecular flexibility index (Phi) is 2.97. The molecule has 1 N–H and O–H groups in total. The summed E-state index contributed by atoms with van der Waals surface area (Å²) in [7, 11) is 1.68. The molecule has 0 bridgehead atoms. The monoisotopic (exact) mass is 203 g/mol. The number of aromatic amines is 1. The number of aromatic nitrogens is 3. The molecule has 0 unspecified atom stereocenters. The molecule has 1 heterocycles. The van der Waals surface area contributed by atoms with Crippen molar-refractivity contribution in [2.24, 2.45) is 0 Å². The number of aryl methyl sites for hydroxylation is 2. The zero-order valence-electron chi connectivity index (χ0n) is 8.60. The van der Waals surface area contributed by atoms with Crippen LogP contribution in [0.4, 0.5) is 0 Å². The van der Waals surface area contributed by atoms with Gasteiger partial charge in [-0.05, 0) is 24.1 Å². The Bertz CT molecular complexity index is 412. The lowest BCUT2D eigenvalue weighted by molar-refractivity contribution is 0.414. The van der Waals surface area contributed by atoms with Crippen LogP contribution in [0.5, 0.6) is 5.75 Å². The van der Waals surface area contributed by atoms with Crippen molar-refractivity contribution in [3.05, 3.63) is 42.0 Å². The molecule has 4 heteroatoms. The van der Waals surface area contributed by atoms with Crippen LogP contribution in [0.3, 0.4) is 0 Å². The van der Waals surface area contributed by atoms with Crippen LogP contribution in [-0.2, 0) is 12.8 Å². The predicted octanol–water partition coefficient (Wildman–Crippen LogP) is 1.60. The molecule has 0 atom stereocenters. The Hall–Kier alpha value is -1.84. The third-order valence-corrected chi connectivity index (χ3v) is 2.25. The zero-order chi connectivity index (χ0) is 10.5. The second kappa shape index (κ2) is 4.59. The van der Waals surface area contributed by atoms with Gasteiger partial charge in [-0.25, -0.2) is 4.98 Å². The fourth-order valence-electron chi connectivity index (χ4n) is 1.44. The van der Waals surface area contributed by atoms with E-state index in [1.54, 1.807) is 7.11 Å². The van der Waals surface area contributed by atoms with Crippen molar-refractivity contribution in [1.29, 1.82) is 0 Å². The van der Waals surface area contributed by atoms with Crippen molar-refractivity contribution in [2.75, 3.05) is 7.11 Å². The van der Waals surface area contributed by atoms with Crippen molar-refractivity contribution >= 4 is 0 Å². The minimum Gasteiger partial charge on any atom is -0.497 e. The predicted molar refractivity (Wildman–Crippen MR) is 56.8 cm³/mol. The van der Waals surface area contributed by atoms with E-state index < -0.39 is 0 Å². The van der Waals surface area contributed by atoms with Gasteiger partial charge in [-0.15, -0.1) is 0 Å². The number of hydrogen-bond donors (Lipinski definition) is 1. The fourth-order valence-corrected chi connectivity index (χ4v) is 1.44. The molecule has 0 aliphatic rings. The smallest absolute Gasteiger partial charge is 0.137 e. The summed E-state index contributed by atoms with van der Waals surface area (Å²) in [4.78, 5) is 4.08. The van der Waals surface area contributed by atoms with Gasteiger partial charge in [0.15, 0.2) is 0 Å². The Labute approximate surface area is 88.3 Å². The summed E-state index contributed by atoms with van der Waals surface area (Å²) in [6.45, 7) is 0. The van der Waals surface area contributed by atoms with Crippen LogP contribution in [0.15, 0.2) is 30.6 Å². The average Bonchev–Trinajstić information content (AvgIpc) is 2.79. The zero-order valence-corrected chi connectivity index (χ0v) is 8.60. The molecular weight excluding hydrogens is 190 g/mol. The van der Waals surface area contributed by atoms with Crippen LogP contribution in [0.1, 0.15) is 11.4 Å². The highest BCUT2D eigenvalue weighted by Gasteiger charge is 1.99. The first-order chi connectivity index (χ1) is 7.38. The standard InChI is InChI=1S/C11H13N3O/c1-15-10-4-2-3-9(7-10)5-6-11-12-8-13-14-11/h2-4,7-8H,5-6H2,1H3,(H,12,13,14). The second-order valence-electron chi connectivity index (χ2n) is 3.28. The number of benzene rings is 1. The first-order valence-electron chi connectivity index (χ1n) is 4.85. The van der Waals surface area contributed by atoms with E-state index in [2.05, 4.69) is 21.2 Å². The summed E-state index contributed by atoms with van der Waals surface area (Å²) in [5.74, 6) is 1.81. The molecule has 78 valence electrons. The first kappa shape index (κ1) is 9.71. The molecule has 4 nitrogen and oxygen atoms in total. The molecule has 0 aliphatic carbocycles. The van der Waals surface area contributed by atoms with Gasteiger partial charge in [-0.2, -0.15) is 5.10 Å². The average molecular weight is 203 g/mol. The van der Waals surface area contributed by atoms with E-state index in [0.717, 1.165) is 24.4 Å². The Morgan fingerprint density at radius 1 is 1.33 bits per heavy atom. The molecule has 1 aromatic heterocycles. The summed E-state index contributed by atoms with van der Waals surface area (Å²) >= 11 is 0. The first-order valence-corrected chi connectivity index (χ1v) is 4.85. The van der Waals surface area contributed by atoms with E-state index in [1.165, 1.54) is 11.9 Å². The van der Waals surface area contributed by atoms with E-state index in [4.69, 9.17) is 4.74 Å². The number of H-pyrrole nitrogens is 1. The van der Waals surface area contributed by atoms with Gasteiger partial charge in [-0.3, -0.25) is 5.10 Å². The van der Waals surface area contributed by atoms with Gasteiger partial charge < -0.3 is 4.74 Å². The number of hydrogen-bond acceptors (Lipinski definition) is 3. The number of nitrogens with one attached hydrogen (secondary N) is 1. The lowest BCUT2D eigenvalue weighted by Crippen LogP contribution is -1.94. The normalized spacial score (nSPS) is 10.2. The minimum atomic E-state index is 0.868. The molecular formula is C11H13N3O. The van der Waals surface area contributed by atoms with Crippen LogP contribution in [0.25, 0.3) is 0 Å². The third kappa shape index (κ3) is 2.56. The molecule has 0 saturated carbocycles. The number of rotatable bonds is 4.